The maximum Gasteiger partial charge on any atom is 0.228 e. The Labute approximate surface area is 333 Å². The highest BCUT2D eigenvalue weighted by Gasteiger charge is 2.30. The van der Waals surface area contributed by atoms with Crippen molar-refractivity contribution in [3.8, 4) is 0 Å². The molecule has 3 aliphatic heterocycles. The molecule has 9 rings (SSSR count). The molecule has 0 saturated carbocycles. The van der Waals surface area contributed by atoms with Gasteiger partial charge in [-0.1, -0.05) is 41.4 Å². The van der Waals surface area contributed by atoms with Gasteiger partial charge in [0.05, 0.1) is 49.6 Å². The fourth-order valence-electron chi connectivity index (χ4n) is 6.42. The highest BCUT2D eigenvalue weighted by atomic mass is 35.5. The third-order valence-corrected chi connectivity index (χ3v) is 12.8. The van der Waals surface area contributed by atoms with Gasteiger partial charge in [0.15, 0.2) is 17.5 Å². The summed E-state index contributed by atoms with van der Waals surface area (Å²) >= 11 is 18.0. The van der Waals surface area contributed by atoms with E-state index in [1.165, 1.54) is 24.3 Å². The first kappa shape index (κ1) is 37.3. The first-order chi connectivity index (χ1) is 26.6. The molecule has 3 aromatic carbocycles. The Morgan fingerprint density at radius 1 is 0.709 bits per heavy atom. The summed E-state index contributed by atoms with van der Waals surface area (Å²) < 4.78 is 53.6. The average molecular weight is 842 g/mol. The molecule has 55 heavy (non-hydrogen) atoms. The van der Waals surface area contributed by atoms with Crippen LogP contribution >= 0.6 is 34.8 Å². The maximum absolute atomic E-state index is 13.7. The van der Waals surface area contributed by atoms with Crippen molar-refractivity contribution in [3.05, 3.63) is 122 Å². The van der Waals surface area contributed by atoms with E-state index in [9.17, 15) is 17.2 Å². The van der Waals surface area contributed by atoms with Crippen molar-refractivity contribution < 1.29 is 17.2 Å². The molecular weight excluding hydrogens is 813 g/mol. The molecule has 0 fully saturated rings. The number of nitrogens with zero attached hydrogens (tertiary/aromatic N) is 8. The summed E-state index contributed by atoms with van der Waals surface area (Å²) in [5.74, 6) is 3.30. The number of fused-ring (bicyclic) bond motifs is 3. The van der Waals surface area contributed by atoms with Gasteiger partial charge in [-0.3, -0.25) is 8.42 Å². The smallest absolute Gasteiger partial charge is 0.228 e. The lowest BCUT2D eigenvalue weighted by Gasteiger charge is -2.28. The molecule has 19 heteroatoms. The van der Waals surface area contributed by atoms with Crippen LogP contribution in [-0.2, 0) is 54.0 Å². The molecule has 6 aromatic rings. The molecule has 0 spiro atoms. The Balaban J connectivity index is 0.000000189. The average Bonchev–Trinajstić information content (AvgIpc) is 3.86. The largest absolute Gasteiger partial charge is 0.339 e. The van der Waals surface area contributed by atoms with Crippen molar-refractivity contribution in [2.75, 3.05) is 33.6 Å². The van der Waals surface area contributed by atoms with Gasteiger partial charge in [0, 0.05) is 55.2 Å². The lowest BCUT2D eigenvalue weighted by molar-refractivity contribution is 0.538. The van der Waals surface area contributed by atoms with Crippen LogP contribution in [0.5, 0.6) is 0 Å². The van der Waals surface area contributed by atoms with E-state index in [4.69, 9.17) is 44.8 Å². The van der Waals surface area contributed by atoms with E-state index < -0.39 is 21.6 Å². The van der Waals surface area contributed by atoms with Crippen molar-refractivity contribution in [1.82, 2.24) is 34.7 Å². The minimum absolute atomic E-state index is 0.0940. The third kappa shape index (κ3) is 8.19. The number of aryl methyl sites for hydroxylation is 2. The molecule has 2 N–H and O–H groups in total. The van der Waals surface area contributed by atoms with E-state index in [1.54, 1.807) is 30.3 Å². The summed E-state index contributed by atoms with van der Waals surface area (Å²) in [5, 5.41) is 16.0. The van der Waals surface area contributed by atoms with Gasteiger partial charge in [-0.2, -0.15) is 9.97 Å². The Morgan fingerprint density at radius 2 is 1.35 bits per heavy atom. The van der Waals surface area contributed by atoms with Gasteiger partial charge in [0.25, 0.3) is 0 Å². The van der Waals surface area contributed by atoms with E-state index in [1.807, 2.05) is 17.0 Å². The Hall–Kier alpha value is -4.61. The molecule has 0 saturated heterocycles. The molecule has 3 aliphatic rings. The molecular formula is C36H29Cl3F2N10O2S2. The topological polar surface area (TPSA) is 144 Å². The highest BCUT2D eigenvalue weighted by molar-refractivity contribution is 7.85. The zero-order valence-corrected chi connectivity index (χ0v) is 32.5. The number of nitrogens with one attached hydrogen (secondary N) is 2. The van der Waals surface area contributed by atoms with E-state index in [0.29, 0.717) is 105 Å². The van der Waals surface area contributed by atoms with Gasteiger partial charge >= 0.3 is 0 Å². The normalized spacial score (nSPS) is 16.9. The fraction of sp³-hybridized carbons (Fsp3) is 0.222. The van der Waals surface area contributed by atoms with E-state index in [-0.39, 0.29) is 16.9 Å². The summed E-state index contributed by atoms with van der Waals surface area (Å²) in [6.45, 7) is 1.80. The number of benzene rings is 3. The second-order valence-corrected chi connectivity index (χ2v) is 16.8. The Kier molecular flexibility index (Phi) is 10.8. The van der Waals surface area contributed by atoms with Crippen molar-refractivity contribution >= 4 is 85.4 Å². The SMILES string of the molecule is O=S1CCc2nc(Cl)nc(Nc3cccc(F)c3)c21.O=S1CCc2nc(N3CCn4c(Cc5ccc(Cl)c(Cl)c5)nnc4C3)nc(Nc3cccc(F)c3)c21. The monoisotopic (exact) mass is 840 g/mol. The zero-order chi connectivity index (χ0) is 38.2. The molecule has 0 radical (unpaired) electrons. The lowest BCUT2D eigenvalue weighted by Crippen LogP contribution is -2.35. The maximum atomic E-state index is 13.7. The molecule has 0 aliphatic carbocycles. The predicted octanol–water partition coefficient (Wildman–Crippen LogP) is 7.21. The molecule has 6 heterocycles. The summed E-state index contributed by atoms with van der Waals surface area (Å²) in [7, 11) is -2.34. The molecule has 0 amide bonds. The van der Waals surface area contributed by atoms with Crippen LogP contribution in [-0.4, -0.2) is 61.2 Å². The lowest BCUT2D eigenvalue weighted by atomic mass is 10.1. The van der Waals surface area contributed by atoms with Gasteiger partial charge < -0.3 is 20.1 Å². The number of anilines is 5. The van der Waals surface area contributed by atoms with Crippen LogP contribution in [0.1, 0.15) is 28.6 Å². The summed E-state index contributed by atoms with van der Waals surface area (Å²) in [6, 6.07) is 17.6. The Bertz CT molecular complexity index is 2510. The van der Waals surface area contributed by atoms with Crippen molar-refractivity contribution in [2.45, 2.75) is 42.1 Å². The third-order valence-electron chi connectivity index (χ3n) is 8.97. The number of hydrogen-bond acceptors (Lipinski definition) is 11. The van der Waals surface area contributed by atoms with Gasteiger partial charge in [0.1, 0.15) is 27.2 Å². The van der Waals surface area contributed by atoms with Crippen LogP contribution in [0.2, 0.25) is 15.3 Å². The summed E-state index contributed by atoms with van der Waals surface area (Å²) in [5.41, 5.74) is 3.52. The van der Waals surface area contributed by atoms with Crippen molar-refractivity contribution in [2.24, 2.45) is 0 Å². The first-order valence-electron chi connectivity index (χ1n) is 17.0. The second-order valence-electron chi connectivity index (χ2n) is 12.7. The summed E-state index contributed by atoms with van der Waals surface area (Å²) in [4.78, 5) is 20.8. The first-order valence-corrected chi connectivity index (χ1v) is 20.7. The number of hydrogen-bond donors (Lipinski definition) is 2. The predicted molar refractivity (Wildman–Crippen MR) is 209 cm³/mol. The van der Waals surface area contributed by atoms with Gasteiger partial charge in [0.2, 0.25) is 11.2 Å². The standard InChI is InChI=1S/C24H20Cl2FN7OS.C12H9ClFN3OS/c25-17-5-4-14(10-18(17)26)11-20-31-32-21-13-33(7-8-34(20)21)24-29-19-6-9-36(35)22(19)23(30-24)28-16-3-1-2-15(27)12-16;13-12-16-9-4-5-19(18)10(9)11(17-12)15-8-3-1-2-7(14)6-8/h1-5,10,12H,6-9,11,13H2,(H,28,29,30);1-3,6H,4-5H2,(H,15,16,17). The fourth-order valence-corrected chi connectivity index (χ4v) is 9.54. The number of halogens is 5. The minimum atomic E-state index is -1.20. The van der Waals surface area contributed by atoms with Crippen molar-refractivity contribution in [3.63, 3.8) is 0 Å². The van der Waals surface area contributed by atoms with E-state index in [2.05, 4.69) is 35.4 Å². The quantitative estimate of drug-likeness (QED) is 0.158. The van der Waals surface area contributed by atoms with E-state index in [0.717, 1.165) is 22.9 Å². The van der Waals surface area contributed by atoms with Gasteiger partial charge in [-0.15, -0.1) is 10.2 Å². The second kappa shape index (κ2) is 15.9. The molecule has 282 valence electrons. The zero-order valence-electron chi connectivity index (χ0n) is 28.6. The van der Waals surface area contributed by atoms with Crippen molar-refractivity contribution in [1.29, 1.82) is 0 Å². The molecule has 2 atom stereocenters. The van der Waals surface area contributed by atoms with Crippen LogP contribution in [0.4, 0.5) is 37.7 Å². The van der Waals surface area contributed by atoms with Crippen LogP contribution in [0.25, 0.3) is 0 Å². The van der Waals surface area contributed by atoms with E-state index >= 15 is 0 Å². The number of aromatic nitrogens is 7. The number of rotatable bonds is 7. The van der Waals surface area contributed by atoms with Crippen LogP contribution in [0, 0.1) is 11.6 Å². The minimum Gasteiger partial charge on any atom is -0.339 e. The van der Waals surface area contributed by atoms with Crippen LogP contribution < -0.4 is 15.5 Å². The highest BCUT2D eigenvalue weighted by Crippen LogP contribution is 2.34. The summed E-state index contributed by atoms with van der Waals surface area (Å²) in [6.07, 6.45) is 1.81. The van der Waals surface area contributed by atoms with Gasteiger partial charge in [-0.05, 0) is 65.7 Å². The molecule has 2 unspecified atom stereocenters. The van der Waals surface area contributed by atoms with Gasteiger partial charge in [-0.25, -0.2) is 18.7 Å². The molecule has 12 nitrogen and oxygen atoms in total. The molecule has 0 bridgehead atoms. The van der Waals surface area contributed by atoms with Crippen LogP contribution in [0.3, 0.4) is 0 Å². The molecule has 3 aromatic heterocycles. The Morgan fingerprint density at radius 3 is 1.98 bits per heavy atom. The van der Waals surface area contributed by atoms with Crippen LogP contribution in [0.15, 0.2) is 76.5 Å².